The van der Waals surface area contributed by atoms with E-state index in [4.69, 9.17) is 38.4 Å². The van der Waals surface area contributed by atoms with Crippen molar-refractivity contribution in [2.75, 3.05) is 19.5 Å². The van der Waals surface area contributed by atoms with E-state index in [0.717, 1.165) is 14.9 Å². The summed E-state index contributed by atoms with van der Waals surface area (Å²) < 4.78 is 11.4. The number of hydrogen-bond acceptors (Lipinski definition) is 6. The van der Waals surface area contributed by atoms with Gasteiger partial charge in [-0.15, -0.1) is 0 Å². The Morgan fingerprint density at radius 3 is 2.59 bits per heavy atom. The van der Waals surface area contributed by atoms with Crippen molar-refractivity contribution in [1.82, 2.24) is 9.97 Å². The number of methoxy groups -OCH3 is 1. The lowest BCUT2D eigenvalue weighted by Gasteiger charge is -2.19. The van der Waals surface area contributed by atoms with Gasteiger partial charge in [0.25, 0.3) is 0 Å². The van der Waals surface area contributed by atoms with E-state index in [1.165, 1.54) is 13.3 Å². The molecule has 1 aromatic heterocycles. The highest BCUT2D eigenvalue weighted by Crippen LogP contribution is 2.40. The van der Waals surface area contributed by atoms with Crippen LogP contribution in [-0.4, -0.2) is 29.7 Å². The van der Waals surface area contributed by atoms with Gasteiger partial charge in [-0.3, -0.25) is 0 Å². The van der Waals surface area contributed by atoms with Gasteiger partial charge in [0.15, 0.2) is 0 Å². The van der Waals surface area contributed by atoms with Crippen molar-refractivity contribution in [3.63, 3.8) is 0 Å². The third-order valence-electron chi connectivity index (χ3n) is 4.15. The van der Waals surface area contributed by atoms with E-state index in [9.17, 15) is 4.79 Å². The number of halogens is 3. The van der Waals surface area contributed by atoms with Crippen LogP contribution in [0.15, 0.2) is 42.6 Å². The fourth-order valence-electron chi connectivity index (χ4n) is 2.80. The molecule has 0 atom stereocenters. The summed E-state index contributed by atoms with van der Waals surface area (Å²) in [5, 5.41) is 0.160. The van der Waals surface area contributed by atoms with E-state index >= 15 is 0 Å². The average molecular weight is 544 g/mol. The Kier molecular flexibility index (Phi) is 7.15. The van der Waals surface area contributed by atoms with Gasteiger partial charge in [-0.1, -0.05) is 29.8 Å². The molecule has 1 heterocycles. The van der Waals surface area contributed by atoms with E-state index in [0.29, 0.717) is 30.0 Å². The van der Waals surface area contributed by atoms with Crippen LogP contribution >= 0.6 is 45.8 Å². The second kappa shape index (κ2) is 9.60. The minimum atomic E-state index is -0.614. The molecule has 0 amide bonds. The quantitative estimate of drug-likeness (QED) is 0.203. The van der Waals surface area contributed by atoms with Crippen molar-refractivity contribution in [3.8, 4) is 17.0 Å². The van der Waals surface area contributed by atoms with Crippen LogP contribution in [0.25, 0.3) is 11.3 Å². The van der Waals surface area contributed by atoms with Gasteiger partial charge >= 0.3 is 5.97 Å². The molecule has 0 saturated heterocycles. The third-order valence-corrected chi connectivity index (χ3v) is 5.92. The molecule has 3 rings (SSSR count). The minimum absolute atomic E-state index is 0.0519. The lowest BCUT2D eigenvalue weighted by atomic mass is 9.97. The van der Waals surface area contributed by atoms with Gasteiger partial charge in [0.1, 0.15) is 5.75 Å². The zero-order valence-corrected chi connectivity index (χ0v) is 19.0. The van der Waals surface area contributed by atoms with E-state index in [1.54, 1.807) is 6.07 Å². The number of hydrogen-bond donors (Lipinski definition) is 1. The molecule has 9 heteroatoms. The number of benzene rings is 2. The number of anilines is 1. The maximum absolute atomic E-state index is 12.5. The monoisotopic (exact) mass is 543 g/mol. The molecule has 0 unspecified atom stereocenters. The minimum Gasteiger partial charge on any atom is -0.493 e. The summed E-state index contributed by atoms with van der Waals surface area (Å²) >= 11 is 14.6. The fourth-order valence-corrected chi connectivity index (χ4v) is 4.34. The highest BCUT2D eigenvalue weighted by atomic mass is 127. The molecule has 0 fully saturated rings. The van der Waals surface area contributed by atoms with Crippen LogP contribution in [0.3, 0.4) is 0 Å². The molecule has 3 aromatic rings. The first kappa shape index (κ1) is 21.6. The number of esters is 1. The molecule has 0 bridgehead atoms. The number of carbonyl (C=O) groups excluding carboxylic acids is 1. The lowest BCUT2D eigenvalue weighted by molar-refractivity contribution is 0.0601. The summed E-state index contributed by atoms with van der Waals surface area (Å²) in [6.07, 6.45) is 1.98. The highest BCUT2D eigenvalue weighted by molar-refractivity contribution is 14.1. The number of nitrogens with zero attached hydrogens (tertiary/aromatic N) is 2. The number of ether oxygens (including phenoxy) is 2. The first-order valence-corrected chi connectivity index (χ1v) is 10.3. The topological polar surface area (TPSA) is 87.3 Å². The Hall–Kier alpha value is -2.10. The number of rotatable bonds is 6. The summed E-state index contributed by atoms with van der Waals surface area (Å²) in [4.78, 5) is 20.6. The normalized spacial score (nSPS) is 10.6. The Morgan fingerprint density at radius 1 is 1.21 bits per heavy atom. The van der Waals surface area contributed by atoms with Gasteiger partial charge in [0.2, 0.25) is 5.28 Å². The summed E-state index contributed by atoms with van der Waals surface area (Å²) in [5.74, 6) is 0.137. The second-order valence-electron chi connectivity index (χ2n) is 5.88. The maximum Gasteiger partial charge on any atom is 0.340 e. The molecule has 150 valence electrons. The van der Waals surface area contributed by atoms with Crippen LogP contribution in [0.4, 0.5) is 5.69 Å². The molecule has 0 aliphatic rings. The molecule has 0 aliphatic carbocycles. The molecule has 0 aliphatic heterocycles. The van der Waals surface area contributed by atoms with E-state index in [2.05, 4.69) is 32.6 Å². The molecule has 2 aromatic carbocycles. The predicted molar refractivity (Wildman–Crippen MR) is 122 cm³/mol. The number of aromatic nitrogens is 2. The largest absolute Gasteiger partial charge is 0.493 e. The van der Waals surface area contributed by atoms with Crippen molar-refractivity contribution in [1.29, 1.82) is 0 Å². The molecule has 0 saturated carbocycles. The van der Waals surface area contributed by atoms with Crippen molar-refractivity contribution in [2.45, 2.75) is 6.42 Å². The summed E-state index contributed by atoms with van der Waals surface area (Å²) in [5.41, 5.74) is 8.41. The zero-order chi connectivity index (χ0) is 21.0. The molecule has 6 nitrogen and oxygen atoms in total. The first-order valence-electron chi connectivity index (χ1n) is 8.48. The number of nitrogens with two attached hydrogens (primary N) is 1. The summed E-state index contributed by atoms with van der Waals surface area (Å²) in [7, 11) is 1.28. The van der Waals surface area contributed by atoms with Crippen LogP contribution in [0.1, 0.15) is 15.9 Å². The maximum atomic E-state index is 12.5. The Morgan fingerprint density at radius 2 is 1.93 bits per heavy atom. The smallest absolute Gasteiger partial charge is 0.340 e. The molecular formula is C20H16Cl2IN3O3. The number of carbonyl (C=O) groups is 1. The predicted octanol–water partition coefficient (Wildman–Crippen LogP) is 5.05. The van der Waals surface area contributed by atoms with Crippen LogP contribution in [0, 0.1) is 3.57 Å². The third kappa shape index (κ3) is 4.73. The Labute approximate surface area is 191 Å². The SMILES string of the molecule is COC(=O)c1c(Cl)c(N)c(CCOc2ccccc2)c(I)c1-c1ccnc(Cl)n1. The van der Waals surface area contributed by atoms with Gasteiger partial charge < -0.3 is 15.2 Å². The molecule has 2 N–H and O–H groups in total. The summed E-state index contributed by atoms with van der Waals surface area (Å²) in [6.45, 7) is 0.377. The molecule has 0 spiro atoms. The Bertz CT molecular complexity index is 1050. The van der Waals surface area contributed by atoms with Gasteiger partial charge in [0, 0.05) is 21.8 Å². The van der Waals surface area contributed by atoms with Crippen molar-refractivity contribution < 1.29 is 14.3 Å². The second-order valence-corrected chi connectivity index (χ2v) is 7.68. The summed E-state index contributed by atoms with van der Waals surface area (Å²) in [6, 6.07) is 11.1. The highest BCUT2D eigenvalue weighted by Gasteiger charge is 2.27. The fraction of sp³-hybridized carbons (Fsp3) is 0.150. The van der Waals surface area contributed by atoms with E-state index in [1.807, 2.05) is 30.3 Å². The van der Waals surface area contributed by atoms with Gasteiger partial charge in [-0.2, -0.15) is 0 Å². The number of para-hydroxylation sites is 1. The van der Waals surface area contributed by atoms with Gasteiger partial charge in [0.05, 0.1) is 35.7 Å². The van der Waals surface area contributed by atoms with Gasteiger partial charge in [-0.25, -0.2) is 14.8 Å². The molecule has 0 radical (unpaired) electrons. The van der Waals surface area contributed by atoms with Gasteiger partial charge in [-0.05, 0) is 58.0 Å². The van der Waals surface area contributed by atoms with Crippen molar-refractivity contribution in [2.24, 2.45) is 0 Å². The number of nitrogen functional groups attached to an aromatic ring is 1. The lowest BCUT2D eigenvalue weighted by Crippen LogP contribution is -2.13. The average Bonchev–Trinajstić information content (AvgIpc) is 2.73. The van der Waals surface area contributed by atoms with Crippen LogP contribution in [-0.2, 0) is 11.2 Å². The van der Waals surface area contributed by atoms with Crippen molar-refractivity contribution in [3.05, 3.63) is 67.6 Å². The molecule has 29 heavy (non-hydrogen) atoms. The zero-order valence-electron chi connectivity index (χ0n) is 15.3. The molecular weight excluding hydrogens is 528 g/mol. The van der Waals surface area contributed by atoms with Crippen LogP contribution in [0.5, 0.6) is 5.75 Å². The van der Waals surface area contributed by atoms with Crippen LogP contribution in [0.2, 0.25) is 10.3 Å². The standard InChI is InChI=1S/C20H16Cl2IN3O3/c1-28-19(27)15-14(13-7-9-25-20(22)26-13)17(23)12(18(24)16(15)21)8-10-29-11-5-3-2-4-6-11/h2-7,9H,8,10,24H2,1H3. The Balaban J connectivity index is 2.06. The van der Waals surface area contributed by atoms with E-state index < -0.39 is 5.97 Å². The first-order chi connectivity index (χ1) is 13.9. The van der Waals surface area contributed by atoms with Crippen molar-refractivity contribution >= 4 is 57.4 Å². The van der Waals surface area contributed by atoms with E-state index in [-0.39, 0.29) is 15.9 Å². The van der Waals surface area contributed by atoms with Crippen LogP contribution < -0.4 is 10.5 Å².